The molecule has 4 N–H and O–H groups in total. The van der Waals surface area contributed by atoms with Crippen molar-refractivity contribution in [3.63, 3.8) is 0 Å². The molecule has 116 heavy (non-hydrogen) atoms. The fraction of sp³-hybridized carbons (Fsp3) is 0.175. The molecule has 0 aliphatic rings. The molecule has 5 heterocycles. The zero-order chi connectivity index (χ0) is 82.2. The number of ketones is 2. The summed E-state index contributed by atoms with van der Waals surface area (Å²) in [5.41, 5.74) is 2.88. The zero-order valence-electron chi connectivity index (χ0n) is 60.6. The van der Waals surface area contributed by atoms with Gasteiger partial charge in [-0.1, -0.05) is 76.9 Å². The summed E-state index contributed by atoms with van der Waals surface area (Å²) in [7, 11) is 0. The average molecular weight is 1590 g/mol. The molecule has 0 aliphatic carbocycles. The first-order valence-corrected chi connectivity index (χ1v) is 34.6. The zero-order valence-corrected chi connectivity index (χ0v) is 60.6. The lowest BCUT2D eigenvalue weighted by molar-refractivity contribution is -0.0299. The summed E-state index contributed by atoms with van der Waals surface area (Å²) in [4.78, 5) is 43.3. The quantitative estimate of drug-likeness (QED) is 0.00564. The number of carbonyl (C=O) groups is 2. The van der Waals surface area contributed by atoms with Gasteiger partial charge in [-0.3, -0.25) is 9.59 Å². The Morgan fingerprint density at radius 2 is 0.784 bits per heavy atom. The lowest BCUT2D eigenvalue weighted by Gasteiger charge is -2.29. The van der Waals surface area contributed by atoms with Gasteiger partial charge in [0.1, 0.15) is 175 Å². The first kappa shape index (κ1) is 82.6. The monoisotopic (exact) mass is 1590 g/mol. The molecule has 4 atom stereocenters. The van der Waals surface area contributed by atoms with Crippen LogP contribution in [-0.2, 0) is 61.7 Å². The fourth-order valence-electron chi connectivity index (χ4n) is 11.6. The van der Waals surface area contributed by atoms with Crippen molar-refractivity contribution in [2.45, 2.75) is 61.7 Å². The summed E-state index contributed by atoms with van der Waals surface area (Å²) in [5, 5.41) is 72.0. The number of halogens is 8. The number of allylic oxidation sites excluding steroid dienone is 2. The molecule has 0 saturated carbocycles. The second-order valence-electron chi connectivity index (χ2n) is 25.7. The van der Waals surface area contributed by atoms with Gasteiger partial charge in [0, 0.05) is 62.6 Å². The Hall–Kier alpha value is -14.4. The third-order valence-corrected chi connectivity index (χ3v) is 17.3. The Bertz CT molecular complexity index is 5590. The number of hydrogen-bond acceptors (Lipinski definition) is 21. The maximum Gasteiger partial charge on any atom is 0.185 e. The van der Waals surface area contributed by atoms with Crippen molar-refractivity contribution in [2.75, 3.05) is 26.4 Å². The van der Waals surface area contributed by atoms with E-state index in [1.807, 2.05) is 0 Å². The van der Waals surface area contributed by atoms with Crippen molar-refractivity contribution in [2.24, 2.45) is 5.11 Å². The number of nitrogens with zero attached hydrogens (tertiary/aromatic N) is 18. The summed E-state index contributed by atoms with van der Waals surface area (Å²) in [6.45, 7) is -2.05. The van der Waals surface area contributed by atoms with Crippen molar-refractivity contribution in [1.82, 2.24) is 74.1 Å². The summed E-state index contributed by atoms with van der Waals surface area (Å²) in [5.74, 6) is -3.18. The van der Waals surface area contributed by atoms with E-state index in [2.05, 4.69) is 66.6 Å². The Labute approximate surface area is 653 Å². The number of hydrogen-bond donors (Lipinski definition) is 4. The van der Waals surface area contributed by atoms with Crippen LogP contribution in [0.1, 0.15) is 59.8 Å². The molecule has 0 saturated heterocycles. The van der Waals surface area contributed by atoms with Crippen LogP contribution >= 0.6 is 0 Å². The van der Waals surface area contributed by atoms with Crippen LogP contribution < -0.4 is 18.9 Å². The number of aliphatic hydroxyl groups is 4. The molecule has 4 unspecified atom stereocenters. The maximum atomic E-state index is 14.8. The summed E-state index contributed by atoms with van der Waals surface area (Å²) in [6, 6.07) is 37.9. The highest BCUT2D eigenvalue weighted by Gasteiger charge is 2.38. The van der Waals surface area contributed by atoms with E-state index < -0.39 is 82.1 Å². The maximum absolute atomic E-state index is 14.8. The molecule has 28 nitrogen and oxygen atoms in total. The molecule has 0 fully saturated rings. The number of benzene rings is 8. The minimum absolute atomic E-state index is 0.0179. The van der Waals surface area contributed by atoms with E-state index in [9.17, 15) is 65.1 Å². The van der Waals surface area contributed by atoms with E-state index in [4.69, 9.17) is 30.9 Å². The third kappa shape index (κ3) is 22.5. The Morgan fingerprint density at radius 3 is 1.15 bits per heavy atom. The number of azide groups is 1. The molecule has 36 heteroatoms. The van der Waals surface area contributed by atoms with Crippen LogP contribution in [0.5, 0.6) is 23.0 Å². The van der Waals surface area contributed by atoms with E-state index >= 15 is 0 Å². The minimum Gasteiger partial charge on any atom is -0.490 e. The molecule has 0 amide bonds. The van der Waals surface area contributed by atoms with Crippen molar-refractivity contribution in [3.05, 3.63) is 346 Å². The van der Waals surface area contributed by atoms with Crippen molar-refractivity contribution in [1.29, 1.82) is 0 Å². The molecular weight excluding hydrogens is 1520 g/mol. The van der Waals surface area contributed by atoms with E-state index in [-0.39, 0.29) is 86.4 Å². The molecule has 0 radical (unpaired) electrons. The average Bonchev–Trinajstić information content (AvgIpc) is 0.949. The normalized spacial score (nSPS) is 13.3. The highest BCUT2D eigenvalue weighted by Crippen LogP contribution is 2.33. The van der Waals surface area contributed by atoms with Gasteiger partial charge in [0.15, 0.2) is 11.6 Å². The van der Waals surface area contributed by atoms with Crippen molar-refractivity contribution in [3.8, 4) is 35.3 Å². The van der Waals surface area contributed by atoms with E-state index in [1.165, 1.54) is 111 Å². The molecule has 13 aromatic rings. The summed E-state index contributed by atoms with van der Waals surface area (Å²) < 4.78 is 141. The molecule has 0 bridgehead atoms. The van der Waals surface area contributed by atoms with Gasteiger partial charge in [0.2, 0.25) is 0 Å². The topological polar surface area (TPSA) is 354 Å². The smallest absolute Gasteiger partial charge is 0.185 e. The van der Waals surface area contributed by atoms with Crippen LogP contribution in [0.15, 0.2) is 244 Å². The van der Waals surface area contributed by atoms with E-state index in [1.54, 1.807) is 97.1 Å². The molecule has 0 aliphatic heterocycles. The highest BCUT2D eigenvalue weighted by atomic mass is 19.2. The highest BCUT2D eigenvalue weighted by molar-refractivity contribution is 6.07. The minimum atomic E-state index is -1.94. The SMILES string of the molecule is C#CCOc1ccc(/C=C/C(=O)c2ccc(OCC(O)(Cn3cncn3)c3ccc(F)cc3F)cc2)cc1.O=C(/C=C/c1ccc(OCc2cn(CC(O)(Cn3cncn3)c3ccc(F)cc3F)nn2)cc1)c1ccc(OCC(O)(Cn2cncn2)c2ccc(F)cc2F)cc1.[N-]=[N+]=NCC(O)(Cn1cncn1)c1ccc(F)cc1F. The van der Waals surface area contributed by atoms with Gasteiger partial charge < -0.3 is 39.4 Å². The number of terminal acetylenes is 1. The standard InChI is InChI=1S/C40H33F4N9O5.C29H23F2N3O4.C11H10F2N6O/c41-29-6-12-34(36(43)15-29)39(55,20-52-25-45-23-47-52)19-51-17-31(49-50-51)18-57-32-8-1-27(2-9-32)3-14-38(54)28-4-10-33(11-5-28)58-22-40(56,21-53-26-46-24-48-53)35-13-7-30(42)16-37(35)44;1-2-15-37-24-9-3-21(4-10-24)5-14-28(35)22-6-11-25(12-7-22)38-18-29(36,17-34-20-32-19-33-34)26-13-8-23(30)16-27(26)31;12-8-1-2-9(10(13)3-8)11(20,4-16-18-14)5-19-7-15-6-17-19/h1-17,23-26,55-56H,18-22H2;1,3-14,16,19-20,36H,15,17-18H2;1-3,6-7,20H,4-5H2/b14-3+;14-5+;. The summed E-state index contributed by atoms with van der Waals surface area (Å²) in [6.07, 6.45) is 23.3. The van der Waals surface area contributed by atoms with Crippen LogP contribution in [0.4, 0.5) is 35.1 Å². The number of aromatic nitrogens is 15. The molecule has 5 aromatic heterocycles. The fourth-order valence-corrected chi connectivity index (χ4v) is 11.6. The number of rotatable bonds is 33. The van der Waals surface area contributed by atoms with Crippen LogP contribution in [-0.4, -0.2) is 132 Å². The van der Waals surface area contributed by atoms with Gasteiger partial charge >= 0.3 is 0 Å². The Balaban J connectivity index is 0.000000194. The Morgan fingerprint density at radius 1 is 0.448 bits per heavy atom. The van der Waals surface area contributed by atoms with Crippen molar-refractivity contribution >= 4 is 23.7 Å². The second kappa shape index (κ2) is 38.2. The molecule has 8 aromatic carbocycles. The largest absolute Gasteiger partial charge is 0.490 e. The van der Waals surface area contributed by atoms with Gasteiger partial charge in [-0.05, 0) is 126 Å². The van der Waals surface area contributed by atoms with Gasteiger partial charge in [0.05, 0.1) is 45.5 Å². The van der Waals surface area contributed by atoms with Crippen LogP contribution in [0.3, 0.4) is 0 Å². The lowest BCUT2D eigenvalue weighted by atomic mass is 9.93. The van der Waals surface area contributed by atoms with E-state index in [0.717, 1.165) is 48.0 Å². The van der Waals surface area contributed by atoms with Gasteiger partial charge in [-0.25, -0.2) is 78.5 Å². The van der Waals surface area contributed by atoms with Gasteiger partial charge in [-0.2, -0.15) is 20.4 Å². The molecule has 13 rings (SSSR count). The number of carbonyl (C=O) groups excluding carboxylic acids is 2. The lowest BCUT2D eigenvalue weighted by Crippen LogP contribution is -2.39. The molecule has 592 valence electrons. The van der Waals surface area contributed by atoms with Crippen LogP contribution in [0.2, 0.25) is 0 Å². The number of ether oxygens (including phenoxy) is 4. The predicted molar refractivity (Wildman–Crippen MR) is 397 cm³/mol. The first-order valence-electron chi connectivity index (χ1n) is 34.6. The second-order valence-corrected chi connectivity index (χ2v) is 25.7. The Kier molecular flexibility index (Phi) is 27.2. The predicted octanol–water partition coefficient (Wildman–Crippen LogP) is 11.2. The van der Waals surface area contributed by atoms with E-state index in [0.29, 0.717) is 69.6 Å². The van der Waals surface area contributed by atoms with Gasteiger partial charge in [0.25, 0.3) is 0 Å². The van der Waals surface area contributed by atoms with Crippen LogP contribution in [0.25, 0.3) is 22.6 Å². The van der Waals surface area contributed by atoms with Crippen molar-refractivity contribution < 1.29 is 84.1 Å². The third-order valence-electron chi connectivity index (χ3n) is 17.3. The molecule has 0 spiro atoms. The van der Waals surface area contributed by atoms with Gasteiger partial charge in [-0.15, -0.1) is 11.5 Å². The summed E-state index contributed by atoms with van der Waals surface area (Å²) >= 11 is 0. The first-order chi connectivity index (χ1) is 55.8. The van der Waals surface area contributed by atoms with Crippen LogP contribution in [0, 0.1) is 58.9 Å². The molecular formula is C80H66F8N18O10.